The van der Waals surface area contributed by atoms with Crippen molar-refractivity contribution >= 4 is 17.7 Å². The van der Waals surface area contributed by atoms with Crippen molar-refractivity contribution in [2.24, 2.45) is 22.7 Å². The van der Waals surface area contributed by atoms with Crippen LogP contribution in [-0.4, -0.2) is 47.7 Å². The topological polar surface area (TPSA) is 116 Å². The van der Waals surface area contributed by atoms with Crippen LogP contribution in [0, 0.1) is 22.7 Å². The molecule has 4 fully saturated rings. The van der Waals surface area contributed by atoms with Crippen LogP contribution < -0.4 is 0 Å². The second kappa shape index (κ2) is 6.40. The zero-order chi connectivity index (χ0) is 21.3. The third kappa shape index (κ3) is 2.26. The van der Waals surface area contributed by atoms with Crippen LogP contribution in [0.5, 0.6) is 0 Å². The molecule has 8 heteroatoms. The van der Waals surface area contributed by atoms with E-state index in [1.165, 1.54) is 13.2 Å². The molecule has 1 aromatic heterocycles. The third-order valence-corrected chi connectivity index (χ3v) is 8.17. The fourth-order valence-electron chi connectivity index (χ4n) is 6.67. The van der Waals surface area contributed by atoms with Gasteiger partial charge in [-0.2, -0.15) is 0 Å². The number of carbonyl (C=O) groups excluding carboxylic acids is 3. The number of carbonyl (C=O) groups is 3. The molecule has 2 aliphatic carbocycles. The maximum Gasteiger partial charge on any atom is 0.313 e. The monoisotopic (exact) mass is 418 g/mol. The van der Waals surface area contributed by atoms with Crippen LogP contribution in [0.25, 0.3) is 0 Å². The lowest BCUT2D eigenvalue weighted by Crippen LogP contribution is -2.70. The van der Waals surface area contributed by atoms with Crippen LogP contribution in [0.15, 0.2) is 23.0 Å². The van der Waals surface area contributed by atoms with E-state index in [1.54, 1.807) is 19.3 Å². The van der Waals surface area contributed by atoms with Crippen molar-refractivity contribution in [2.75, 3.05) is 13.2 Å². The Morgan fingerprint density at radius 2 is 2.13 bits per heavy atom. The highest BCUT2D eigenvalue weighted by Gasteiger charge is 2.79. The van der Waals surface area contributed by atoms with Crippen molar-refractivity contribution in [2.45, 2.75) is 57.3 Å². The number of ketones is 1. The standard InChI is InChI=1S/C22H26O8/c1-12-17(29-13(2)24)18(25)22(10-23)16(4-3-6-20(22)11-28-20)21(12)8-15(30-19(21)26)14-5-7-27-9-14/h5,7,9,12,15-17,23H,3-4,6,8,10-11H2,1-2H3/t12-,15+,16-,17-,20+,21-,22+/m1/s1. The number of cyclic esters (lactones) is 1. The van der Waals surface area contributed by atoms with Crippen molar-refractivity contribution in [3.05, 3.63) is 24.2 Å². The molecule has 2 aliphatic heterocycles. The Morgan fingerprint density at radius 3 is 2.73 bits per heavy atom. The highest BCUT2D eigenvalue weighted by atomic mass is 16.6. The molecule has 0 unspecified atom stereocenters. The van der Waals surface area contributed by atoms with Gasteiger partial charge in [-0.15, -0.1) is 0 Å². The first kappa shape index (κ1) is 19.8. The van der Waals surface area contributed by atoms with Crippen LogP contribution in [0.1, 0.15) is 51.2 Å². The Kier molecular flexibility index (Phi) is 4.22. The first-order valence-electron chi connectivity index (χ1n) is 10.5. The van der Waals surface area contributed by atoms with Gasteiger partial charge in [-0.3, -0.25) is 14.4 Å². The summed E-state index contributed by atoms with van der Waals surface area (Å²) in [5.41, 5.74) is -2.42. The lowest BCUT2D eigenvalue weighted by molar-refractivity contribution is -0.206. The Balaban J connectivity index is 1.66. The second-order valence-electron chi connectivity index (χ2n) is 9.24. The van der Waals surface area contributed by atoms with E-state index < -0.39 is 59.0 Å². The summed E-state index contributed by atoms with van der Waals surface area (Å²) in [6.45, 7) is 2.93. The van der Waals surface area contributed by atoms with Gasteiger partial charge in [-0.1, -0.05) is 13.3 Å². The molecule has 0 amide bonds. The number of aliphatic hydroxyl groups excluding tert-OH is 1. The molecule has 3 heterocycles. The van der Waals surface area contributed by atoms with Gasteiger partial charge in [0.1, 0.15) is 11.7 Å². The van der Waals surface area contributed by atoms with E-state index in [9.17, 15) is 19.5 Å². The zero-order valence-electron chi connectivity index (χ0n) is 17.1. The predicted octanol–water partition coefficient (Wildman–Crippen LogP) is 1.95. The van der Waals surface area contributed by atoms with Crippen LogP contribution in [0.3, 0.4) is 0 Å². The fourth-order valence-corrected chi connectivity index (χ4v) is 6.67. The zero-order valence-corrected chi connectivity index (χ0v) is 17.1. The molecule has 4 aliphatic rings. The quantitative estimate of drug-likeness (QED) is 0.585. The Morgan fingerprint density at radius 1 is 1.37 bits per heavy atom. The van der Waals surface area contributed by atoms with Gasteiger partial charge in [0, 0.05) is 24.8 Å². The van der Waals surface area contributed by atoms with Crippen molar-refractivity contribution in [1.82, 2.24) is 0 Å². The van der Waals surface area contributed by atoms with E-state index in [0.717, 1.165) is 12.0 Å². The minimum absolute atomic E-state index is 0.333. The van der Waals surface area contributed by atoms with Gasteiger partial charge in [0.25, 0.3) is 0 Å². The van der Waals surface area contributed by atoms with Crippen molar-refractivity contribution in [3.8, 4) is 0 Å². The summed E-state index contributed by atoms with van der Waals surface area (Å²) in [4.78, 5) is 39.2. The number of Topliss-reactive ketones (excluding diaryl/α,β-unsaturated/α-hetero) is 1. The van der Waals surface area contributed by atoms with Crippen LogP contribution in [-0.2, 0) is 28.6 Å². The summed E-state index contributed by atoms with van der Waals surface area (Å²) in [6.07, 6.45) is 3.77. The van der Waals surface area contributed by atoms with E-state index in [-0.39, 0.29) is 5.78 Å². The predicted molar refractivity (Wildman–Crippen MR) is 99.9 cm³/mol. The molecule has 0 bridgehead atoms. The van der Waals surface area contributed by atoms with Crippen LogP contribution in [0.2, 0.25) is 0 Å². The fraction of sp³-hybridized carbons (Fsp3) is 0.682. The molecule has 2 saturated carbocycles. The molecule has 2 spiro atoms. The van der Waals surface area contributed by atoms with E-state index in [1.807, 2.05) is 0 Å². The van der Waals surface area contributed by atoms with Gasteiger partial charge in [0.15, 0.2) is 11.9 Å². The number of ether oxygens (including phenoxy) is 3. The average Bonchev–Trinajstić information content (AvgIpc) is 3.15. The number of hydrogen-bond donors (Lipinski definition) is 1. The van der Waals surface area contributed by atoms with Gasteiger partial charge in [-0.25, -0.2) is 0 Å². The number of esters is 2. The summed E-state index contributed by atoms with van der Waals surface area (Å²) in [5, 5.41) is 10.6. The molecule has 0 radical (unpaired) electrons. The smallest absolute Gasteiger partial charge is 0.313 e. The molecule has 1 aromatic rings. The van der Waals surface area contributed by atoms with Crippen molar-refractivity contribution < 1.29 is 38.1 Å². The highest BCUT2D eigenvalue weighted by Crippen LogP contribution is 2.69. The number of epoxide rings is 1. The molecular weight excluding hydrogens is 392 g/mol. The van der Waals surface area contributed by atoms with E-state index in [4.69, 9.17) is 18.6 Å². The van der Waals surface area contributed by atoms with Gasteiger partial charge in [0.05, 0.1) is 36.6 Å². The highest BCUT2D eigenvalue weighted by molar-refractivity contribution is 5.97. The van der Waals surface area contributed by atoms with Crippen molar-refractivity contribution in [3.63, 3.8) is 0 Å². The molecule has 30 heavy (non-hydrogen) atoms. The number of furan rings is 1. The minimum atomic E-state index is -1.29. The average molecular weight is 418 g/mol. The van der Waals surface area contributed by atoms with Crippen molar-refractivity contribution in [1.29, 1.82) is 0 Å². The van der Waals surface area contributed by atoms with Crippen LogP contribution in [0.4, 0.5) is 0 Å². The Labute approximate surface area is 173 Å². The first-order valence-corrected chi connectivity index (χ1v) is 10.5. The molecule has 1 N–H and O–H groups in total. The normalized spacial score (nSPS) is 44.8. The summed E-state index contributed by atoms with van der Waals surface area (Å²) in [7, 11) is 0. The van der Waals surface area contributed by atoms with E-state index in [2.05, 4.69) is 0 Å². The molecule has 7 atom stereocenters. The molecule has 0 aromatic carbocycles. The summed E-state index contributed by atoms with van der Waals surface area (Å²) >= 11 is 0. The maximum absolute atomic E-state index is 13.8. The maximum atomic E-state index is 13.8. The second-order valence-corrected chi connectivity index (χ2v) is 9.24. The molecule has 8 nitrogen and oxygen atoms in total. The minimum Gasteiger partial charge on any atom is -0.472 e. The lowest BCUT2D eigenvalue weighted by atomic mass is 9.42. The molecule has 162 valence electrons. The van der Waals surface area contributed by atoms with E-state index in [0.29, 0.717) is 25.9 Å². The number of rotatable bonds is 3. The van der Waals surface area contributed by atoms with Gasteiger partial charge in [-0.05, 0) is 24.8 Å². The van der Waals surface area contributed by atoms with E-state index >= 15 is 0 Å². The summed E-state index contributed by atoms with van der Waals surface area (Å²) in [6, 6.07) is 1.75. The lowest BCUT2D eigenvalue weighted by Gasteiger charge is -2.58. The molecular formula is C22H26O8. The SMILES string of the molecule is CC(=O)O[C@H]1C(=O)[C@]2(CO)[C@H](CCC[C@]23CO3)[C@@]2(C[C@@H](c3ccoc3)OC2=O)[C@@H]1C. The summed E-state index contributed by atoms with van der Waals surface area (Å²) < 4.78 is 22.3. The molecule has 5 rings (SSSR count). The first-order chi connectivity index (χ1) is 14.3. The number of aliphatic hydroxyl groups is 1. The number of hydrogen-bond acceptors (Lipinski definition) is 8. The van der Waals surface area contributed by atoms with Crippen LogP contribution >= 0.6 is 0 Å². The van der Waals surface area contributed by atoms with Gasteiger partial charge < -0.3 is 23.7 Å². The number of fused-ring (bicyclic) bond motifs is 3. The summed E-state index contributed by atoms with van der Waals surface area (Å²) in [5.74, 6) is -2.38. The third-order valence-electron chi connectivity index (χ3n) is 8.17. The Bertz CT molecular complexity index is 887. The Hall–Kier alpha value is -2.19. The van der Waals surface area contributed by atoms with Gasteiger partial charge >= 0.3 is 11.9 Å². The largest absolute Gasteiger partial charge is 0.472 e. The molecule has 2 saturated heterocycles. The van der Waals surface area contributed by atoms with Gasteiger partial charge in [0.2, 0.25) is 0 Å².